The van der Waals surface area contributed by atoms with E-state index in [0.29, 0.717) is 17.3 Å². The van der Waals surface area contributed by atoms with Crippen LogP contribution in [0.2, 0.25) is 5.02 Å². The highest BCUT2D eigenvalue weighted by atomic mass is 35.5. The normalized spacial score (nSPS) is 10.7. The number of nitrogens with one attached hydrogen (secondary N) is 2. The van der Waals surface area contributed by atoms with Gasteiger partial charge in [-0.05, 0) is 31.5 Å². The highest BCUT2D eigenvalue weighted by Crippen LogP contribution is 2.32. The van der Waals surface area contributed by atoms with Gasteiger partial charge in [0.1, 0.15) is 5.84 Å². The van der Waals surface area contributed by atoms with Gasteiger partial charge in [0.2, 0.25) is 0 Å². The number of anilines is 1. The Morgan fingerprint density at radius 3 is 2.61 bits per heavy atom. The zero-order valence-electron chi connectivity index (χ0n) is 12.7. The molecule has 0 fully saturated rings. The van der Waals surface area contributed by atoms with Crippen LogP contribution in [0.3, 0.4) is 0 Å². The standard InChI is InChI=1S/C16H15ClN4S2/c1-9-15(23-10(2)19-9)13-8-22-16(20-13)21-14(18)7-11-3-5-12(17)6-4-11/h3-6,8H,7H2,1-2H3,(H2,18,20,21). The third kappa shape index (κ3) is 3.96. The maximum Gasteiger partial charge on any atom is 0.188 e. The summed E-state index contributed by atoms with van der Waals surface area (Å²) in [5.41, 5.74) is 2.96. The zero-order valence-corrected chi connectivity index (χ0v) is 15.1. The highest BCUT2D eigenvalue weighted by molar-refractivity contribution is 7.16. The van der Waals surface area contributed by atoms with E-state index in [4.69, 9.17) is 17.0 Å². The van der Waals surface area contributed by atoms with Crippen LogP contribution in [-0.4, -0.2) is 15.8 Å². The van der Waals surface area contributed by atoms with Crippen molar-refractivity contribution in [1.29, 1.82) is 5.41 Å². The summed E-state index contributed by atoms with van der Waals surface area (Å²) in [7, 11) is 0. The highest BCUT2D eigenvalue weighted by Gasteiger charge is 2.12. The first-order valence-electron chi connectivity index (χ1n) is 7.00. The Morgan fingerprint density at radius 2 is 1.96 bits per heavy atom. The quantitative estimate of drug-likeness (QED) is 0.497. The predicted molar refractivity (Wildman–Crippen MR) is 99.2 cm³/mol. The fraction of sp³-hybridized carbons (Fsp3) is 0.188. The first-order chi connectivity index (χ1) is 11.0. The number of hydrogen-bond donors (Lipinski definition) is 2. The molecule has 3 rings (SSSR count). The zero-order chi connectivity index (χ0) is 16.4. The maximum atomic E-state index is 8.09. The minimum atomic E-state index is 0.408. The van der Waals surface area contributed by atoms with Crippen molar-refractivity contribution in [1.82, 2.24) is 9.97 Å². The SMILES string of the molecule is Cc1nc(C)c(-c2csc(NC(=N)Cc3ccc(Cl)cc3)n2)s1. The van der Waals surface area contributed by atoms with E-state index in [1.807, 2.05) is 43.5 Å². The summed E-state index contributed by atoms with van der Waals surface area (Å²) in [4.78, 5) is 10.1. The largest absolute Gasteiger partial charge is 0.320 e. The van der Waals surface area contributed by atoms with Crippen LogP contribution in [0.25, 0.3) is 10.6 Å². The van der Waals surface area contributed by atoms with Crippen molar-refractivity contribution in [3.63, 3.8) is 0 Å². The average Bonchev–Trinajstić information content (AvgIpc) is 3.07. The van der Waals surface area contributed by atoms with Gasteiger partial charge in [-0.3, -0.25) is 5.41 Å². The van der Waals surface area contributed by atoms with Gasteiger partial charge in [0.05, 0.1) is 21.3 Å². The van der Waals surface area contributed by atoms with Crippen LogP contribution in [0.15, 0.2) is 29.6 Å². The van der Waals surface area contributed by atoms with Gasteiger partial charge in [-0.25, -0.2) is 9.97 Å². The van der Waals surface area contributed by atoms with E-state index in [1.54, 1.807) is 11.3 Å². The van der Waals surface area contributed by atoms with Crippen molar-refractivity contribution in [2.45, 2.75) is 20.3 Å². The molecule has 0 aliphatic rings. The number of amidine groups is 1. The molecule has 2 aromatic heterocycles. The number of thiazole rings is 2. The van der Waals surface area contributed by atoms with Gasteiger partial charge in [0.15, 0.2) is 5.13 Å². The molecule has 118 valence electrons. The van der Waals surface area contributed by atoms with Crippen molar-refractivity contribution in [3.05, 3.63) is 50.9 Å². The molecule has 23 heavy (non-hydrogen) atoms. The van der Waals surface area contributed by atoms with Gasteiger partial charge in [-0.15, -0.1) is 22.7 Å². The summed E-state index contributed by atoms with van der Waals surface area (Å²) < 4.78 is 0. The molecule has 0 saturated carbocycles. The number of benzene rings is 1. The van der Waals surface area contributed by atoms with Gasteiger partial charge in [0.25, 0.3) is 0 Å². The predicted octanol–water partition coefficient (Wildman–Crippen LogP) is 5.17. The van der Waals surface area contributed by atoms with Crippen LogP contribution < -0.4 is 5.32 Å². The molecule has 0 spiro atoms. The number of aromatic nitrogens is 2. The molecule has 4 nitrogen and oxygen atoms in total. The lowest BCUT2D eigenvalue weighted by atomic mass is 10.1. The van der Waals surface area contributed by atoms with E-state index in [-0.39, 0.29) is 0 Å². The minimum Gasteiger partial charge on any atom is -0.320 e. The molecular weight excluding hydrogens is 348 g/mol. The fourth-order valence-corrected chi connectivity index (χ4v) is 3.99. The van der Waals surface area contributed by atoms with E-state index in [1.165, 1.54) is 11.3 Å². The lowest BCUT2D eigenvalue weighted by molar-refractivity contribution is 1.20. The Balaban J connectivity index is 1.68. The second kappa shape index (κ2) is 6.78. The first kappa shape index (κ1) is 16.1. The molecule has 7 heteroatoms. The van der Waals surface area contributed by atoms with Crippen molar-refractivity contribution >= 4 is 45.2 Å². The van der Waals surface area contributed by atoms with Crippen LogP contribution in [0, 0.1) is 19.3 Å². The van der Waals surface area contributed by atoms with Gasteiger partial charge in [-0.1, -0.05) is 23.7 Å². The number of rotatable bonds is 4. The number of halogens is 1. The summed E-state index contributed by atoms with van der Waals surface area (Å²) in [5.74, 6) is 0.408. The molecular formula is C16H15ClN4S2. The summed E-state index contributed by atoms with van der Waals surface area (Å²) >= 11 is 9.01. The van der Waals surface area contributed by atoms with Crippen LogP contribution in [0.5, 0.6) is 0 Å². The maximum absolute atomic E-state index is 8.09. The molecule has 0 aliphatic heterocycles. The molecule has 3 aromatic rings. The van der Waals surface area contributed by atoms with Crippen LogP contribution in [0.1, 0.15) is 16.3 Å². The Kier molecular flexibility index (Phi) is 4.75. The molecule has 0 unspecified atom stereocenters. The topological polar surface area (TPSA) is 61.7 Å². The van der Waals surface area contributed by atoms with Gasteiger partial charge in [0, 0.05) is 16.8 Å². The van der Waals surface area contributed by atoms with Crippen LogP contribution in [-0.2, 0) is 6.42 Å². The molecule has 0 bridgehead atoms. The summed E-state index contributed by atoms with van der Waals surface area (Å²) in [6.45, 7) is 3.99. The monoisotopic (exact) mass is 362 g/mol. The summed E-state index contributed by atoms with van der Waals surface area (Å²) in [6.07, 6.45) is 0.519. The Labute approximate surface area is 147 Å². The Bertz CT molecular complexity index is 836. The second-order valence-electron chi connectivity index (χ2n) is 5.09. The molecule has 0 aliphatic carbocycles. The van der Waals surface area contributed by atoms with E-state index < -0.39 is 0 Å². The molecule has 0 amide bonds. The smallest absolute Gasteiger partial charge is 0.188 e. The Morgan fingerprint density at radius 1 is 1.22 bits per heavy atom. The molecule has 2 N–H and O–H groups in total. The Hall–Kier alpha value is -1.76. The lowest BCUT2D eigenvalue weighted by Gasteiger charge is -2.05. The second-order valence-corrected chi connectivity index (χ2v) is 7.59. The van der Waals surface area contributed by atoms with Crippen molar-refractivity contribution in [2.75, 3.05) is 5.32 Å². The molecule has 2 heterocycles. The molecule has 0 saturated heterocycles. The van der Waals surface area contributed by atoms with Crippen LogP contribution in [0.4, 0.5) is 5.13 Å². The van der Waals surface area contributed by atoms with E-state index in [0.717, 1.165) is 32.0 Å². The molecule has 1 aromatic carbocycles. The summed E-state index contributed by atoms with van der Waals surface area (Å²) in [6, 6.07) is 7.52. The molecule has 0 atom stereocenters. The van der Waals surface area contributed by atoms with Crippen molar-refractivity contribution < 1.29 is 0 Å². The van der Waals surface area contributed by atoms with E-state index in [2.05, 4.69) is 15.3 Å². The number of nitrogens with zero attached hydrogens (tertiary/aromatic N) is 2. The number of aryl methyl sites for hydroxylation is 2. The lowest BCUT2D eigenvalue weighted by Crippen LogP contribution is -2.13. The van der Waals surface area contributed by atoms with Crippen molar-refractivity contribution in [3.8, 4) is 10.6 Å². The third-order valence-corrected chi connectivity index (χ3v) is 5.30. The van der Waals surface area contributed by atoms with Crippen molar-refractivity contribution in [2.24, 2.45) is 0 Å². The average molecular weight is 363 g/mol. The van der Waals surface area contributed by atoms with Gasteiger partial charge < -0.3 is 5.32 Å². The minimum absolute atomic E-state index is 0.408. The first-order valence-corrected chi connectivity index (χ1v) is 9.07. The van der Waals surface area contributed by atoms with Gasteiger partial charge >= 0.3 is 0 Å². The van der Waals surface area contributed by atoms with Gasteiger partial charge in [-0.2, -0.15) is 0 Å². The van der Waals surface area contributed by atoms with Crippen LogP contribution >= 0.6 is 34.3 Å². The summed E-state index contributed by atoms with van der Waals surface area (Å²) in [5, 5.41) is 15.6. The van der Waals surface area contributed by atoms with E-state index in [9.17, 15) is 0 Å². The number of hydrogen-bond acceptors (Lipinski definition) is 5. The third-order valence-electron chi connectivity index (χ3n) is 3.19. The van der Waals surface area contributed by atoms with E-state index >= 15 is 0 Å². The molecule has 0 radical (unpaired) electrons. The fourth-order valence-electron chi connectivity index (χ4n) is 2.18.